The molecule has 0 saturated carbocycles. The summed E-state index contributed by atoms with van der Waals surface area (Å²) in [6.07, 6.45) is 5.24. The molecule has 3 heterocycles. The van der Waals surface area contributed by atoms with Gasteiger partial charge in [0.25, 0.3) is 5.91 Å². The van der Waals surface area contributed by atoms with Gasteiger partial charge in [0.15, 0.2) is 0 Å². The third-order valence-electron chi connectivity index (χ3n) is 5.72. The number of amides is 2. The summed E-state index contributed by atoms with van der Waals surface area (Å²) in [7, 11) is 0. The molecule has 154 valence electrons. The van der Waals surface area contributed by atoms with E-state index in [1.807, 2.05) is 45.7 Å². The Morgan fingerprint density at radius 2 is 1.72 bits per heavy atom. The topological polar surface area (TPSA) is 67.7 Å². The number of piperazine rings is 1. The Morgan fingerprint density at radius 1 is 1.00 bits per heavy atom. The van der Waals surface area contributed by atoms with Gasteiger partial charge in [0, 0.05) is 32.7 Å². The Bertz CT molecular complexity index is 867. The first-order chi connectivity index (χ1) is 14.2. The summed E-state index contributed by atoms with van der Waals surface area (Å²) in [6, 6.07) is 7.67. The van der Waals surface area contributed by atoms with E-state index >= 15 is 0 Å². The minimum Gasteiger partial charge on any atom is -0.494 e. The molecule has 0 unspecified atom stereocenters. The van der Waals surface area contributed by atoms with Crippen LogP contribution in [0.4, 0.5) is 0 Å². The van der Waals surface area contributed by atoms with E-state index in [1.165, 1.54) is 0 Å². The van der Waals surface area contributed by atoms with Crippen molar-refractivity contribution in [2.24, 2.45) is 0 Å². The molecule has 0 spiro atoms. The summed E-state index contributed by atoms with van der Waals surface area (Å²) >= 11 is 0. The Hall–Kier alpha value is -2.83. The van der Waals surface area contributed by atoms with E-state index in [-0.39, 0.29) is 11.8 Å². The van der Waals surface area contributed by atoms with Crippen molar-refractivity contribution >= 4 is 11.8 Å². The molecule has 0 bridgehead atoms. The van der Waals surface area contributed by atoms with Crippen LogP contribution >= 0.6 is 0 Å². The van der Waals surface area contributed by atoms with Crippen molar-refractivity contribution in [1.29, 1.82) is 0 Å². The monoisotopic (exact) mass is 396 g/mol. The maximum absolute atomic E-state index is 12.9. The highest BCUT2D eigenvalue weighted by Gasteiger charge is 2.28. The number of hydrogen-bond acceptors (Lipinski definition) is 4. The van der Waals surface area contributed by atoms with Crippen LogP contribution in [0.25, 0.3) is 0 Å². The summed E-state index contributed by atoms with van der Waals surface area (Å²) in [6.45, 7) is 5.76. The minimum atomic E-state index is 0.0479. The highest BCUT2D eigenvalue weighted by Crippen LogP contribution is 2.20. The molecule has 7 nitrogen and oxygen atoms in total. The van der Waals surface area contributed by atoms with Crippen LogP contribution in [-0.2, 0) is 24.2 Å². The van der Waals surface area contributed by atoms with Gasteiger partial charge in [-0.3, -0.25) is 14.3 Å². The SMILES string of the molecule is CCOc1ccc(CC(=O)N2CCN(C(=O)c3cnn4c3CCCC4)CC2)cc1. The number of benzene rings is 1. The fourth-order valence-corrected chi connectivity index (χ4v) is 4.09. The number of aromatic nitrogens is 2. The average Bonchev–Trinajstić information content (AvgIpc) is 3.19. The molecule has 0 radical (unpaired) electrons. The van der Waals surface area contributed by atoms with Crippen molar-refractivity contribution in [2.45, 2.75) is 39.2 Å². The van der Waals surface area contributed by atoms with Gasteiger partial charge in [-0.25, -0.2) is 0 Å². The normalized spacial score (nSPS) is 16.4. The van der Waals surface area contributed by atoms with E-state index in [0.717, 1.165) is 48.4 Å². The Kier molecular flexibility index (Phi) is 5.83. The van der Waals surface area contributed by atoms with E-state index in [0.29, 0.717) is 39.2 Å². The van der Waals surface area contributed by atoms with Crippen LogP contribution in [0.3, 0.4) is 0 Å². The van der Waals surface area contributed by atoms with Crippen molar-refractivity contribution in [2.75, 3.05) is 32.8 Å². The quantitative estimate of drug-likeness (QED) is 0.777. The number of fused-ring (bicyclic) bond motifs is 1. The van der Waals surface area contributed by atoms with E-state index < -0.39 is 0 Å². The molecule has 1 aromatic carbocycles. The lowest BCUT2D eigenvalue weighted by atomic mass is 10.1. The van der Waals surface area contributed by atoms with Gasteiger partial charge in [0.2, 0.25) is 5.91 Å². The van der Waals surface area contributed by atoms with E-state index in [1.54, 1.807) is 6.20 Å². The van der Waals surface area contributed by atoms with Crippen LogP contribution in [-0.4, -0.2) is 64.2 Å². The van der Waals surface area contributed by atoms with Gasteiger partial charge >= 0.3 is 0 Å². The third-order valence-corrected chi connectivity index (χ3v) is 5.72. The Labute approximate surface area is 171 Å². The number of carbonyl (C=O) groups excluding carboxylic acids is 2. The molecule has 1 fully saturated rings. The molecule has 4 rings (SSSR count). The zero-order valence-electron chi connectivity index (χ0n) is 17.0. The Balaban J connectivity index is 1.31. The van der Waals surface area contributed by atoms with Crippen molar-refractivity contribution in [3.05, 3.63) is 47.3 Å². The molecule has 7 heteroatoms. The second-order valence-corrected chi connectivity index (χ2v) is 7.61. The third kappa shape index (κ3) is 4.28. The predicted molar refractivity (Wildman–Crippen MR) is 109 cm³/mol. The largest absolute Gasteiger partial charge is 0.494 e. The summed E-state index contributed by atoms with van der Waals surface area (Å²) in [4.78, 5) is 29.3. The van der Waals surface area contributed by atoms with E-state index in [9.17, 15) is 9.59 Å². The highest BCUT2D eigenvalue weighted by atomic mass is 16.5. The zero-order chi connectivity index (χ0) is 20.2. The van der Waals surface area contributed by atoms with Crippen molar-refractivity contribution in [3.8, 4) is 5.75 Å². The van der Waals surface area contributed by atoms with Crippen molar-refractivity contribution in [1.82, 2.24) is 19.6 Å². The van der Waals surface area contributed by atoms with Crippen LogP contribution in [0.5, 0.6) is 5.75 Å². The van der Waals surface area contributed by atoms with Gasteiger partial charge in [-0.15, -0.1) is 0 Å². The number of nitrogens with zero attached hydrogens (tertiary/aromatic N) is 4. The number of carbonyl (C=O) groups is 2. The first-order valence-electron chi connectivity index (χ1n) is 10.5. The van der Waals surface area contributed by atoms with Gasteiger partial charge in [0.05, 0.1) is 30.5 Å². The van der Waals surface area contributed by atoms with Crippen LogP contribution in [0.15, 0.2) is 30.5 Å². The summed E-state index contributed by atoms with van der Waals surface area (Å²) in [5.74, 6) is 0.967. The molecule has 2 aliphatic heterocycles. The lowest BCUT2D eigenvalue weighted by molar-refractivity contribution is -0.131. The van der Waals surface area contributed by atoms with Crippen LogP contribution in [0, 0.1) is 0 Å². The number of ether oxygens (including phenoxy) is 1. The number of rotatable bonds is 5. The van der Waals surface area contributed by atoms with E-state index in [4.69, 9.17) is 4.74 Å². The molecule has 2 aromatic rings. The second kappa shape index (κ2) is 8.68. The number of hydrogen-bond donors (Lipinski definition) is 0. The standard InChI is InChI=1S/C22H28N4O3/c1-2-29-18-8-6-17(7-9-18)15-21(27)24-11-13-25(14-12-24)22(28)19-16-23-26-10-4-3-5-20(19)26/h6-9,16H,2-5,10-15H2,1H3. The first-order valence-corrected chi connectivity index (χ1v) is 10.5. The average molecular weight is 396 g/mol. The summed E-state index contributed by atoms with van der Waals surface area (Å²) < 4.78 is 7.41. The summed E-state index contributed by atoms with van der Waals surface area (Å²) in [5.41, 5.74) is 2.78. The molecular formula is C22H28N4O3. The first kappa shape index (κ1) is 19.5. The Morgan fingerprint density at radius 3 is 2.45 bits per heavy atom. The molecule has 1 aromatic heterocycles. The molecule has 0 atom stereocenters. The molecule has 2 amide bonds. The predicted octanol–water partition coefficient (Wildman–Crippen LogP) is 2.15. The van der Waals surface area contributed by atoms with E-state index in [2.05, 4.69) is 5.10 Å². The second-order valence-electron chi connectivity index (χ2n) is 7.61. The molecular weight excluding hydrogens is 368 g/mol. The maximum atomic E-state index is 12.9. The molecule has 0 N–H and O–H groups in total. The van der Waals surface area contributed by atoms with Gasteiger partial charge < -0.3 is 14.5 Å². The minimum absolute atomic E-state index is 0.0479. The van der Waals surface area contributed by atoms with Crippen molar-refractivity contribution in [3.63, 3.8) is 0 Å². The van der Waals surface area contributed by atoms with Crippen LogP contribution in [0.1, 0.15) is 41.4 Å². The molecule has 1 saturated heterocycles. The lowest BCUT2D eigenvalue weighted by Crippen LogP contribution is -2.51. The van der Waals surface area contributed by atoms with Crippen molar-refractivity contribution < 1.29 is 14.3 Å². The van der Waals surface area contributed by atoms with Crippen LogP contribution < -0.4 is 4.74 Å². The fraction of sp³-hybridized carbons (Fsp3) is 0.500. The highest BCUT2D eigenvalue weighted by molar-refractivity contribution is 5.95. The van der Waals surface area contributed by atoms with Crippen LogP contribution in [0.2, 0.25) is 0 Å². The lowest BCUT2D eigenvalue weighted by Gasteiger charge is -2.35. The molecule has 2 aliphatic rings. The van der Waals surface area contributed by atoms with Gasteiger partial charge in [0.1, 0.15) is 5.75 Å². The van der Waals surface area contributed by atoms with Gasteiger partial charge in [-0.2, -0.15) is 5.10 Å². The fourth-order valence-electron chi connectivity index (χ4n) is 4.09. The maximum Gasteiger partial charge on any atom is 0.257 e. The molecule has 0 aliphatic carbocycles. The summed E-state index contributed by atoms with van der Waals surface area (Å²) in [5, 5.41) is 4.38. The molecule has 29 heavy (non-hydrogen) atoms. The van der Waals surface area contributed by atoms with Gasteiger partial charge in [-0.1, -0.05) is 12.1 Å². The zero-order valence-corrected chi connectivity index (χ0v) is 17.0. The number of aryl methyl sites for hydroxylation is 1. The smallest absolute Gasteiger partial charge is 0.257 e. The van der Waals surface area contributed by atoms with Gasteiger partial charge in [-0.05, 0) is 43.9 Å².